The number of hydrogen-bond acceptors (Lipinski definition) is 2. The average molecular weight is 316 g/mol. The quantitative estimate of drug-likeness (QED) is 0.723. The Morgan fingerprint density at radius 2 is 2.09 bits per heavy atom. The van der Waals surface area contributed by atoms with Crippen molar-refractivity contribution in [3.05, 3.63) is 11.6 Å². The molecule has 128 valence electrons. The van der Waals surface area contributed by atoms with Gasteiger partial charge >= 0.3 is 0 Å². The Morgan fingerprint density at radius 3 is 2.87 bits per heavy atom. The first kappa shape index (κ1) is 15.0. The molecule has 1 unspecified atom stereocenters. The first-order valence-electron chi connectivity index (χ1n) is 10.00. The van der Waals surface area contributed by atoms with Crippen LogP contribution in [0.4, 0.5) is 0 Å². The number of fused-ring (bicyclic) bond motifs is 7. The number of aliphatic hydroxyl groups is 2. The van der Waals surface area contributed by atoms with E-state index >= 15 is 0 Å². The molecule has 4 saturated carbocycles. The second-order valence-electron chi connectivity index (χ2n) is 9.93. The first-order chi connectivity index (χ1) is 11.0. The van der Waals surface area contributed by atoms with Crippen molar-refractivity contribution in [3.8, 4) is 0 Å². The maximum absolute atomic E-state index is 10.1. The maximum Gasteiger partial charge on any atom is 0.0723 e. The van der Waals surface area contributed by atoms with Crippen LogP contribution in [0.1, 0.15) is 58.8 Å². The van der Waals surface area contributed by atoms with E-state index in [1.807, 2.05) is 0 Å². The van der Waals surface area contributed by atoms with Gasteiger partial charge in [0.15, 0.2) is 0 Å². The molecule has 2 heteroatoms. The third-order valence-corrected chi connectivity index (χ3v) is 9.35. The monoisotopic (exact) mass is 316 g/mol. The molecule has 0 heterocycles. The summed E-state index contributed by atoms with van der Waals surface area (Å²) in [5.41, 5.74) is 2.28. The molecular formula is C21H32O2. The van der Waals surface area contributed by atoms with Gasteiger partial charge in [0.2, 0.25) is 0 Å². The van der Waals surface area contributed by atoms with Crippen LogP contribution in [0.15, 0.2) is 11.6 Å². The fourth-order valence-electron chi connectivity index (χ4n) is 8.17. The van der Waals surface area contributed by atoms with E-state index in [1.165, 1.54) is 38.5 Å². The topological polar surface area (TPSA) is 40.5 Å². The third-order valence-electron chi connectivity index (χ3n) is 9.35. The van der Waals surface area contributed by atoms with Crippen molar-refractivity contribution in [2.24, 2.45) is 46.3 Å². The van der Waals surface area contributed by atoms with Crippen molar-refractivity contribution in [2.45, 2.75) is 64.9 Å². The molecule has 2 nitrogen and oxygen atoms in total. The van der Waals surface area contributed by atoms with Gasteiger partial charge in [0.1, 0.15) is 0 Å². The SMILES string of the molecule is C[C@@H]1CC2=C[C@@H](O)CC[C@@H]2C2CC[C@@]3(C)[C@H](C[C@@H]4C[C@@]43CO)[C@@H]21. The number of rotatable bonds is 1. The van der Waals surface area contributed by atoms with Crippen molar-refractivity contribution in [3.63, 3.8) is 0 Å². The van der Waals surface area contributed by atoms with E-state index < -0.39 is 0 Å². The highest BCUT2D eigenvalue weighted by molar-refractivity contribution is 5.26. The van der Waals surface area contributed by atoms with Gasteiger partial charge in [0, 0.05) is 12.0 Å². The summed E-state index contributed by atoms with van der Waals surface area (Å²) < 4.78 is 0. The summed E-state index contributed by atoms with van der Waals surface area (Å²) in [6.07, 6.45) is 10.8. The smallest absolute Gasteiger partial charge is 0.0723 e. The molecule has 0 radical (unpaired) electrons. The highest BCUT2D eigenvalue weighted by Gasteiger charge is 2.74. The number of allylic oxidation sites excluding steroid dienone is 1. The summed E-state index contributed by atoms with van der Waals surface area (Å²) in [6.45, 7) is 5.42. The van der Waals surface area contributed by atoms with Crippen LogP contribution in [0.5, 0.6) is 0 Å². The van der Waals surface area contributed by atoms with E-state index in [-0.39, 0.29) is 6.10 Å². The van der Waals surface area contributed by atoms with Crippen LogP contribution in [0.25, 0.3) is 0 Å². The van der Waals surface area contributed by atoms with Gasteiger partial charge in [-0.1, -0.05) is 25.5 Å². The Balaban J connectivity index is 1.49. The molecular weight excluding hydrogens is 284 g/mol. The van der Waals surface area contributed by atoms with Gasteiger partial charge < -0.3 is 10.2 Å². The molecule has 0 aliphatic heterocycles. The van der Waals surface area contributed by atoms with Gasteiger partial charge in [-0.3, -0.25) is 0 Å². The number of hydrogen-bond donors (Lipinski definition) is 2. The Labute approximate surface area is 140 Å². The first-order valence-corrected chi connectivity index (χ1v) is 10.00. The molecule has 0 aromatic heterocycles. The predicted molar refractivity (Wildman–Crippen MR) is 90.6 cm³/mol. The normalized spacial score (nSPS) is 60.2. The molecule has 9 atom stereocenters. The molecule has 0 aromatic carbocycles. The molecule has 0 amide bonds. The van der Waals surface area contributed by atoms with Crippen molar-refractivity contribution in [1.82, 2.24) is 0 Å². The van der Waals surface area contributed by atoms with Gasteiger partial charge in [-0.2, -0.15) is 0 Å². The molecule has 4 fully saturated rings. The van der Waals surface area contributed by atoms with Crippen molar-refractivity contribution in [1.29, 1.82) is 0 Å². The van der Waals surface area contributed by atoms with Crippen LogP contribution >= 0.6 is 0 Å². The zero-order valence-electron chi connectivity index (χ0n) is 14.7. The molecule has 5 rings (SSSR count). The minimum Gasteiger partial charge on any atom is -0.396 e. The van der Waals surface area contributed by atoms with Crippen molar-refractivity contribution >= 4 is 0 Å². The zero-order chi connectivity index (χ0) is 16.0. The molecule has 0 saturated heterocycles. The van der Waals surface area contributed by atoms with Gasteiger partial charge in [-0.05, 0) is 85.9 Å². The van der Waals surface area contributed by atoms with Crippen LogP contribution in [0.2, 0.25) is 0 Å². The predicted octanol–water partition coefficient (Wildman–Crippen LogP) is 3.77. The largest absolute Gasteiger partial charge is 0.396 e. The Hall–Kier alpha value is -0.340. The van der Waals surface area contributed by atoms with E-state index in [9.17, 15) is 10.2 Å². The summed E-state index contributed by atoms with van der Waals surface area (Å²) in [5, 5.41) is 20.1. The van der Waals surface area contributed by atoms with Crippen LogP contribution in [0.3, 0.4) is 0 Å². The molecule has 5 aliphatic rings. The zero-order valence-corrected chi connectivity index (χ0v) is 14.7. The summed E-state index contributed by atoms with van der Waals surface area (Å²) in [7, 11) is 0. The van der Waals surface area contributed by atoms with Crippen molar-refractivity contribution < 1.29 is 10.2 Å². The van der Waals surface area contributed by atoms with E-state index in [0.29, 0.717) is 17.4 Å². The van der Waals surface area contributed by atoms with Gasteiger partial charge in [-0.25, -0.2) is 0 Å². The Bertz CT molecular complexity index is 550. The third kappa shape index (κ3) is 1.73. The van der Waals surface area contributed by atoms with Gasteiger partial charge in [-0.15, -0.1) is 0 Å². The average Bonchev–Trinajstić information content (AvgIpc) is 3.19. The Kier molecular flexibility index (Phi) is 3.01. The molecule has 0 aromatic rings. The van der Waals surface area contributed by atoms with Crippen LogP contribution < -0.4 is 0 Å². The molecule has 23 heavy (non-hydrogen) atoms. The van der Waals surface area contributed by atoms with Gasteiger partial charge in [0.25, 0.3) is 0 Å². The molecule has 2 N–H and O–H groups in total. The maximum atomic E-state index is 10.1. The highest BCUT2D eigenvalue weighted by Crippen LogP contribution is 2.79. The van der Waals surface area contributed by atoms with Crippen molar-refractivity contribution in [2.75, 3.05) is 6.61 Å². The summed E-state index contributed by atoms with van der Waals surface area (Å²) in [5.74, 6) is 4.89. The molecule has 0 spiro atoms. The lowest BCUT2D eigenvalue weighted by atomic mass is 9.47. The second kappa shape index (κ2) is 4.64. The lowest BCUT2D eigenvalue weighted by Gasteiger charge is -2.57. The Morgan fingerprint density at radius 1 is 1.26 bits per heavy atom. The van der Waals surface area contributed by atoms with Crippen LogP contribution in [-0.4, -0.2) is 22.9 Å². The highest BCUT2D eigenvalue weighted by atomic mass is 16.3. The van der Waals surface area contributed by atoms with Crippen LogP contribution in [-0.2, 0) is 0 Å². The standard InChI is InChI=1S/C21H32O2/c1-12-7-13-8-15(23)3-4-16(13)17-5-6-20(2)18(19(12)17)9-14-10-21(14,20)11-22/h8,12,14-19,22-23H,3-7,9-11H2,1-2H3/t12-,14-,15+,16+,17?,18-,19-,20+,21-/m1/s1. The minimum atomic E-state index is -0.185. The number of aliphatic hydroxyl groups excluding tert-OH is 2. The van der Waals surface area contributed by atoms with E-state index in [1.54, 1.807) is 5.57 Å². The summed E-state index contributed by atoms with van der Waals surface area (Å²) in [4.78, 5) is 0. The lowest BCUT2D eigenvalue weighted by Crippen LogP contribution is -2.51. The molecule has 5 aliphatic carbocycles. The summed E-state index contributed by atoms with van der Waals surface area (Å²) in [6, 6.07) is 0. The van der Waals surface area contributed by atoms with E-state index in [2.05, 4.69) is 19.9 Å². The van der Waals surface area contributed by atoms with E-state index in [4.69, 9.17) is 0 Å². The fraction of sp³-hybridized carbons (Fsp3) is 0.905. The fourth-order valence-corrected chi connectivity index (χ4v) is 8.17. The lowest BCUT2D eigenvalue weighted by molar-refractivity contribution is -0.0758. The summed E-state index contributed by atoms with van der Waals surface area (Å²) >= 11 is 0. The second-order valence-corrected chi connectivity index (χ2v) is 9.93. The molecule has 0 bridgehead atoms. The van der Waals surface area contributed by atoms with Gasteiger partial charge in [0.05, 0.1) is 6.10 Å². The van der Waals surface area contributed by atoms with Crippen LogP contribution in [0, 0.1) is 46.3 Å². The minimum absolute atomic E-state index is 0.185. The van der Waals surface area contributed by atoms with E-state index in [0.717, 1.165) is 41.9 Å².